The number of hydrogen-bond donors (Lipinski definition) is 0. The van der Waals surface area contributed by atoms with Crippen molar-refractivity contribution in [2.24, 2.45) is 5.92 Å². The van der Waals surface area contributed by atoms with Crippen molar-refractivity contribution < 1.29 is 4.74 Å². The lowest BCUT2D eigenvalue weighted by Crippen LogP contribution is -2.24. The van der Waals surface area contributed by atoms with Crippen molar-refractivity contribution in [1.82, 2.24) is 4.90 Å². The van der Waals surface area contributed by atoms with E-state index < -0.39 is 0 Å². The van der Waals surface area contributed by atoms with Crippen molar-refractivity contribution in [2.45, 2.75) is 17.7 Å². The summed E-state index contributed by atoms with van der Waals surface area (Å²) in [6.07, 6.45) is 4.28. The van der Waals surface area contributed by atoms with Crippen LogP contribution in [0.5, 0.6) is 5.75 Å². The second kappa shape index (κ2) is 8.94. The molecule has 0 saturated carbocycles. The molecule has 0 aliphatic carbocycles. The molecule has 0 N–H and O–H groups in total. The van der Waals surface area contributed by atoms with E-state index in [1.165, 1.54) is 16.9 Å². The van der Waals surface area contributed by atoms with Crippen LogP contribution in [0.3, 0.4) is 0 Å². The van der Waals surface area contributed by atoms with Gasteiger partial charge in [0.15, 0.2) is 0 Å². The molecule has 1 heterocycles. The minimum atomic E-state index is 0.602. The average Bonchev–Trinajstić information content (AvgIpc) is 3.13. The van der Waals surface area contributed by atoms with Crippen molar-refractivity contribution in [3.63, 3.8) is 0 Å². The van der Waals surface area contributed by atoms with Gasteiger partial charge in [0.2, 0.25) is 0 Å². The summed E-state index contributed by atoms with van der Waals surface area (Å²) in [5.74, 6) is 1.57. The van der Waals surface area contributed by atoms with Gasteiger partial charge in [0.05, 0.1) is 18.2 Å². The SMILES string of the molecule is CSc1ccc(OCC2CCN(CCc3cccc(C#N)c3)C2)cc1. The fourth-order valence-corrected chi connectivity index (χ4v) is 3.63. The molecule has 1 aliphatic rings. The van der Waals surface area contributed by atoms with Crippen molar-refractivity contribution in [3.05, 3.63) is 59.7 Å². The van der Waals surface area contributed by atoms with Gasteiger partial charge in [-0.15, -0.1) is 11.8 Å². The van der Waals surface area contributed by atoms with Crippen LogP contribution in [-0.4, -0.2) is 37.4 Å². The van der Waals surface area contributed by atoms with E-state index in [0.29, 0.717) is 5.92 Å². The first-order valence-corrected chi connectivity index (χ1v) is 9.97. The Morgan fingerprint density at radius 1 is 1.24 bits per heavy atom. The smallest absolute Gasteiger partial charge is 0.119 e. The van der Waals surface area contributed by atoms with Gasteiger partial charge in [0.1, 0.15) is 5.75 Å². The molecule has 25 heavy (non-hydrogen) atoms. The molecule has 0 radical (unpaired) electrons. The summed E-state index contributed by atoms with van der Waals surface area (Å²) in [4.78, 5) is 3.77. The molecule has 0 bridgehead atoms. The van der Waals surface area contributed by atoms with Crippen molar-refractivity contribution in [2.75, 3.05) is 32.5 Å². The van der Waals surface area contributed by atoms with Crippen LogP contribution in [0.25, 0.3) is 0 Å². The minimum absolute atomic E-state index is 0.602. The molecule has 1 aliphatic heterocycles. The Labute approximate surface area is 154 Å². The van der Waals surface area contributed by atoms with Crippen LogP contribution in [0.15, 0.2) is 53.4 Å². The highest BCUT2D eigenvalue weighted by molar-refractivity contribution is 7.98. The van der Waals surface area contributed by atoms with Crippen LogP contribution in [0.4, 0.5) is 0 Å². The van der Waals surface area contributed by atoms with Gasteiger partial charge in [-0.2, -0.15) is 5.26 Å². The normalized spacial score (nSPS) is 17.4. The molecule has 3 nitrogen and oxygen atoms in total. The third-order valence-corrected chi connectivity index (χ3v) is 5.43. The molecular formula is C21H24N2OS. The second-order valence-electron chi connectivity index (χ2n) is 6.50. The van der Waals surface area contributed by atoms with E-state index in [-0.39, 0.29) is 0 Å². The molecule has 1 atom stereocenters. The average molecular weight is 353 g/mol. The monoisotopic (exact) mass is 352 g/mol. The highest BCUT2D eigenvalue weighted by atomic mass is 32.2. The molecule has 0 amide bonds. The maximum absolute atomic E-state index is 8.98. The molecule has 2 aromatic rings. The molecule has 2 aromatic carbocycles. The third-order valence-electron chi connectivity index (χ3n) is 4.69. The van der Waals surface area contributed by atoms with Crippen LogP contribution < -0.4 is 4.74 Å². The van der Waals surface area contributed by atoms with E-state index in [0.717, 1.165) is 44.0 Å². The van der Waals surface area contributed by atoms with Gasteiger partial charge in [-0.1, -0.05) is 12.1 Å². The zero-order valence-electron chi connectivity index (χ0n) is 14.6. The number of thioether (sulfide) groups is 1. The maximum Gasteiger partial charge on any atom is 0.119 e. The Morgan fingerprint density at radius 3 is 2.84 bits per heavy atom. The maximum atomic E-state index is 8.98. The standard InChI is InChI=1S/C21H24N2OS/c1-25-21-7-5-20(6-8-21)24-16-19-10-12-23(15-19)11-9-17-3-2-4-18(13-17)14-22/h2-8,13,19H,9-12,15-16H2,1H3. The van der Waals surface area contributed by atoms with Gasteiger partial charge in [-0.05, 0) is 67.6 Å². The number of ether oxygens (including phenoxy) is 1. The van der Waals surface area contributed by atoms with E-state index in [4.69, 9.17) is 10.00 Å². The Balaban J connectivity index is 1.41. The zero-order valence-corrected chi connectivity index (χ0v) is 15.5. The van der Waals surface area contributed by atoms with Crippen LogP contribution in [-0.2, 0) is 6.42 Å². The number of nitrogens with zero attached hydrogens (tertiary/aromatic N) is 2. The molecule has 1 unspecified atom stereocenters. The topological polar surface area (TPSA) is 36.3 Å². The second-order valence-corrected chi connectivity index (χ2v) is 7.38. The Morgan fingerprint density at radius 2 is 2.08 bits per heavy atom. The van der Waals surface area contributed by atoms with Gasteiger partial charge in [0, 0.05) is 23.9 Å². The van der Waals surface area contributed by atoms with E-state index in [1.807, 2.05) is 18.2 Å². The number of nitriles is 1. The predicted molar refractivity (Wildman–Crippen MR) is 103 cm³/mol. The lowest BCUT2D eigenvalue weighted by atomic mass is 10.1. The molecule has 3 rings (SSSR count). The largest absolute Gasteiger partial charge is 0.493 e. The molecule has 0 spiro atoms. The molecule has 130 valence electrons. The first-order chi connectivity index (χ1) is 12.3. The van der Waals surface area contributed by atoms with Crippen LogP contribution in [0.2, 0.25) is 0 Å². The Bertz CT molecular complexity index is 723. The summed E-state index contributed by atoms with van der Waals surface area (Å²) in [6, 6.07) is 18.5. The quantitative estimate of drug-likeness (QED) is 0.699. The summed E-state index contributed by atoms with van der Waals surface area (Å²) < 4.78 is 5.96. The Kier molecular flexibility index (Phi) is 6.38. The van der Waals surface area contributed by atoms with Crippen molar-refractivity contribution >= 4 is 11.8 Å². The van der Waals surface area contributed by atoms with Gasteiger partial charge in [-0.3, -0.25) is 0 Å². The zero-order chi connectivity index (χ0) is 17.5. The first kappa shape index (κ1) is 17.8. The molecule has 1 saturated heterocycles. The van der Waals surface area contributed by atoms with E-state index in [1.54, 1.807) is 11.8 Å². The third kappa shape index (κ3) is 5.26. The summed E-state index contributed by atoms with van der Waals surface area (Å²) in [5, 5.41) is 8.98. The summed E-state index contributed by atoms with van der Waals surface area (Å²) >= 11 is 1.75. The van der Waals surface area contributed by atoms with Gasteiger partial charge < -0.3 is 9.64 Å². The molecule has 4 heteroatoms. The molecule has 0 aromatic heterocycles. The first-order valence-electron chi connectivity index (χ1n) is 8.75. The predicted octanol–water partition coefficient (Wildman–Crippen LogP) is 4.22. The Hall–Kier alpha value is -1.96. The van der Waals surface area contributed by atoms with Crippen LogP contribution in [0, 0.1) is 17.2 Å². The van der Waals surface area contributed by atoms with E-state index in [2.05, 4.69) is 47.6 Å². The number of benzene rings is 2. The number of hydrogen-bond acceptors (Lipinski definition) is 4. The van der Waals surface area contributed by atoms with Gasteiger partial charge >= 0.3 is 0 Å². The highest BCUT2D eigenvalue weighted by Crippen LogP contribution is 2.22. The number of likely N-dealkylation sites (tertiary alicyclic amines) is 1. The van der Waals surface area contributed by atoms with Gasteiger partial charge in [-0.25, -0.2) is 0 Å². The fourth-order valence-electron chi connectivity index (χ4n) is 3.22. The summed E-state index contributed by atoms with van der Waals surface area (Å²) in [6.45, 7) is 4.07. The lowest BCUT2D eigenvalue weighted by molar-refractivity contribution is 0.241. The summed E-state index contributed by atoms with van der Waals surface area (Å²) in [5.41, 5.74) is 1.99. The lowest BCUT2D eigenvalue weighted by Gasteiger charge is -2.16. The van der Waals surface area contributed by atoms with Crippen molar-refractivity contribution in [1.29, 1.82) is 5.26 Å². The highest BCUT2D eigenvalue weighted by Gasteiger charge is 2.22. The number of rotatable bonds is 7. The molecular weight excluding hydrogens is 328 g/mol. The minimum Gasteiger partial charge on any atom is -0.493 e. The molecule has 1 fully saturated rings. The van der Waals surface area contributed by atoms with Crippen LogP contribution >= 0.6 is 11.8 Å². The van der Waals surface area contributed by atoms with Crippen molar-refractivity contribution in [3.8, 4) is 11.8 Å². The fraction of sp³-hybridized carbons (Fsp3) is 0.381. The van der Waals surface area contributed by atoms with E-state index >= 15 is 0 Å². The van der Waals surface area contributed by atoms with Gasteiger partial charge in [0.25, 0.3) is 0 Å². The van der Waals surface area contributed by atoms with E-state index in [9.17, 15) is 0 Å². The van der Waals surface area contributed by atoms with Crippen LogP contribution in [0.1, 0.15) is 17.5 Å². The summed E-state index contributed by atoms with van der Waals surface area (Å²) in [7, 11) is 0.